The molecule has 0 unspecified atom stereocenters. The van der Waals surface area contributed by atoms with Crippen molar-refractivity contribution in [2.75, 3.05) is 0 Å². The number of rotatable bonds is 1. The van der Waals surface area contributed by atoms with Gasteiger partial charge in [0, 0.05) is 16.5 Å². The lowest BCUT2D eigenvalue weighted by Gasteiger charge is -2.12. The molecule has 0 saturated heterocycles. The summed E-state index contributed by atoms with van der Waals surface area (Å²) in [6, 6.07) is 5.98. The summed E-state index contributed by atoms with van der Waals surface area (Å²) in [5, 5.41) is 12.4. The largest absolute Gasteiger partial charge is 0.507 e. The van der Waals surface area contributed by atoms with E-state index >= 15 is 0 Å². The third kappa shape index (κ3) is 1.28. The van der Waals surface area contributed by atoms with Gasteiger partial charge in [0.15, 0.2) is 0 Å². The molecule has 2 heterocycles. The number of para-hydroxylation sites is 1. The molecule has 0 bridgehead atoms. The molecule has 4 rings (SSSR count). The first-order chi connectivity index (χ1) is 9.74. The van der Waals surface area contributed by atoms with Gasteiger partial charge in [-0.05, 0) is 43.7 Å². The summed E-state index contributed by atoms with van der Waals surface area (Å²) in [6.45, 7) is 1.92. The molecule has 0 saturated carbocycles. The van der Waals surface area contributed by atoms with Gasteiger partial charge in [-0.15, -0.1) is 0 Å². The second kappa shape index (κ2) is 3.98. The fourth-order valence-electron chi connectivity index (χ4n) is 3.72. The number of aromatic hydroxyl groups is 1. The molecule has 0 radical (unpaired) electrons. The van der Waals surface area contributed by atoms with Gasteiger partial charge in [0.25, 0.3) is 5.56 Å². The van der Waals surface area contributed by atoms with Crippen LogP contribution in [0.4, 0.5) is 0 Å². The Hall–Kier alpha value is -2.03. The number of benzene rings is 1. The predicted molar refractivity (Wildman–Crippen MR) is 80.0 cm³/mol. The molecule has 0 amide bonds. The van der Waals surface area contributed by atoms with Crippen LogP contribution in [0.15, 0.2) is 23.0 Å². The molecule has 1 aromatic carbocycles. The standard InChI is InChI=1S/C17H17NO2/c1-2-10-16(19)13-8-5-7-12-11-6-3-4-9-14(11)18(15(12)13)17(10)20/h5,7-8,19H,2-4,6,9H2,1H3. The van der Waals surface area contributed by atoms with E-state index in [9.17, 15) is 9.90 Å². The minimum atomic E-state index is -0.0307. The zero-order valence-corrected chi connectivity index (χ0v) is 11.6. The van der Waals surface area contributed by atoms with Gasteiger partial charge in [0.1, 0.15) is 5.75 Å². The quantitative estimate of drug-likeness (QED) is 0.736. The van der Waals surface area contributed by atoms with E-state index < -0.39 is 0 Å². The summed E-state index contributed by atoms with van der Waals surface area (Å²) in [5.74, 6) is 0.172. The van der Waals surface area contributed by atoms with Gasteiger partial charge >= 0.3 is 0 Å². The van der Waals surface area contributed by atoms with Crippen molar-refractivity contribution in [2.45, 2.75) is 39.0 Å². The van der Waals surface area contributed by atoms with E-state index in [0.29, 0.717) is 12.0 Å². The first-order valence-electron chi connectivity index (χ1n) is 7.36. The van der Waals surface area contributed by atoms with Crippen molar-refractivity contribution in [1.29, 1.82) is 0 Å². The third-order valence-corrected chi connectivity index (χ3v) is 4.65. The lowest BCUT2D eigenvalue weighted by Crippen LogP contribution is -2.20. The molecule has 102 valence electrons. The van der Waals surface area contributed by atoms with Gasteiger partial charge in [-0.3, -0.25) is 9.20 Å². The lowest BCUT2D eigenvalue weighted by atomic mass is 9.95. The maximum atomic E-state index is 12.7. The number of fused-ring (bicyclic) bond motifs is 3. The van der Waals surface area contributed by atoms with Gasteiger partial charge in [0.2, 0.25) is 0 Å². The molecule has 0 fully saturated rings. The Balaban J connectivity index is 2.33. The van der Waals surface area contributed by atoms with Crippen molar-refractivity contribution in [3.63, 3.8) is 0 Å². The van der Waals surface area contributed by atoms with Crippen molar-refractivity contribution in [2.24, 2.45) is 0 Å². The number of aryl methyl sites for hydroxylation is 2. The van der Waals surface area contributed by atoms with E-state index in [2.05, 4.69) is 6.07 Å². The Bertz CT molecular complexity index is 876. The first kappa shape index (κ1) is 11.8. The van der Waals surface area contributed by atoms with Crippen molar-refractivity contribution < 1.29 is 5.11 Å². The van der Waals surface area contributed by atoms with Crippen LogP contribution in [0.5, 0.6) is 5.75 Å². The summed E-state index contributed by atoms with van der Waals surface area (Å²) in [4.78, 5) is 12.7. The molecule has 3 heteroatoms. The minimum absolute atomic E-state index is 0.0307. The van der Waals surface area contributed by atoms with Crippen LogP contribution in [0.1, 0.15) is 36.6 Å². The molecule has 0 spiro atoms. The highest BCUT2D eigenvalue weighted by molar-refractivity contribution is 6.02. The van der Waals surface area contributed by atoms with Crippen molar-refractivity contribution in [3.05, 3.63) is 45.4 Å². The van der Waals surface area contributed by atoms with Crippen LogP contribution >= 0.6 is 0 Å². The van der Waals surface area contributed by atoms with E-state index in [-0.39, 0.29) is 11.3 Å². The van der Waals surface area contributed by atoms with Crippen molar-refractivity contribution in [3.8, 4) is 5.75 Å². The molecule has 0 atom stereocenters. The van der Waals surface area contributed by atoms with E-state index in [1.807, 2.05) is 23.5 Å². The average molecular weight is 267 g/mol. The topological polar surface area (TPSA) is 41.7 Å². The molecule has 3 nitrogen and oxygen atoms in total. The highest BCUT2D eigenvalue weighted by Crippen LogP contribution is 2.37. The van der Waals surface area contributed by atoms with Crippen LogP contribution in [0.3, 0.4) is 0 Å². The average Bonchev–Trinajstić information content (AvgIpc) is 2.81. The zero-order valence-electron chi connectivity index (χ0n) is 11.6. The van der Waals surface area contributed by atoms with E-state index in [1.165, 1.54) is 17.7 Å². The van der Waals surface area contributed by atoms with Gasteiger partial charge in [-0.25, -0.2) is 0 Å². The molecule has 3 aromatic rings. The molecule has 0 aliphatic heterocycles. The maximum absolute atomic E-state index is 12.7. The van der Waals surface area contributed by atoms with Crippen molar-refractivity contribution in [1.82, 2.24) is 4.40 Å². The fourth-order valence-corrected chi connectivity index (χ4v) is 3.72. The molecular formula is C17H17NO2. The summed E-state index contributed by atoms with van der Waals surface area (Å²) in [5.41, 5.74) is 3.90. The second-order valence-corrected chi connectivity index (χ2v) is 5.66. The Labute approximate surface area is 116 Å². The van der Waals surface area contributed by atoms with E-state index in [4.69, 9.17) is 0 Å². The third-order valence-electron chi connectivity index (χ3n) is 4.65. The monoisotopic (exact) mass is 267 g/mol. The van der Waals surface area contributed by atoms with Crippen LogP contribution in [0.25, 0.3) is 16.3 Å². The summed E-state index contributed by atoms with van der Waals surface area (Å²) in [7, 11) is 0. The summed E-state index contributed by atoms with van der Waals surface area (Å²) < 4.78 is 1.87. The molecule has 1 aliphatic rings. The Morgan fingerprint density at radius 3 is 2.75 bits per heavy atom. The van der Waals surface area contributed by atoms with Gasteiger partial charge in [-0.1, -0.05) is 19.1 Å². The van der Waals surface area contributed by atoms with E-state index in [1.54, 1.807) is 0 Å². The summed E-state index contributed by atoms with van der Waals surface area (Å²) >= 11 is 0. The minimum Gasteiger partial charge on any atom is -0.507 e. The fraction of sp³-hybridized carbons (Fsp3) is 0.353. The van der Waals surface area contributed by atoms with Crippen LogP contribution in [-0.2, 0) is 19.3 Å². The van der Waals surface area contributed by atoms with Crippen LogP contribution < -0.4 is 5.56 Å². The number of hydrogen-bond acceptors (Lipinski definition) is 2. The van der Waals surface area contributed by atoms with Crippen LogP contribution in [-0.4, -0.2) is 9.51 Å². The van der Waals surface area contributed by atoms with Crippen LogP contribution in [0, 0.1) is 0 Å². The number of nitrogens with zero attached hydrogens (tertiary/aromatic N) is 1. The van der Waals surface area contributed by atoms with Crippen molar-refractivity contribution >= 4 is 16.3 Å². The SMILES string of the molecule is CCc1c(O)c2cccc3c4c(n(c1=O)c23)CCCC4. The number of aromatic nitrogens is 1. The summed E-state index contributed by atoms with van der Waals surface area (Å²) in [6.07, 6.45) is 4.89. The molecule has 20 heavy (non-hydrogen) atoms. The molecular weight excluding hydrogens is 250 g/mol. The molecule has 1 N–H and O–H groups in total. The van der Waals surface area contributed by atoms with Crippen LogP contribution in [0.2, 0.25) is 0 Å². The molecule has 1 aliphatic carbocycles. The maximum Gasteiger partial charge on any atom is 0.262 e. The molecule has 2 aromatic heterocycles. The normalized spacial score (nSPS) is 15.1. The van der Waals surface area contributed by atoms with E-state index in [0.717, 1.165) is 35.6 Å². The number of hydrogen-bond donors (Lipinski definition) is 1. The smallest absolute Gasteiger partial charge is 0.262 e. The Kier molecular flexibility index (Phi) is 2.34. The highest BCUT2D eigenvalue weighted by Gasteiger charge is 2.24. The van der Waals surface area contributed by atoms with Gasteiger partial charge in [-0.2, -0.15) is 0 Å². The predicted octanol–water partition coefficient (Wildman–Crippen LogP) is 3.04. The lowest BCUT2D eigenvalue weighted by molar-refractivity contribution is 0.473. The van der Waals surface area contributed by atoms with Gasteiger partial charge < -0.3 is 5.11 Å². The highest BCUT2D eigenvalue weighted by atomic mass is 16.3. The second-order valence-electron chi connectivity index (χ2n) is 5.66. The first-order valence-corrected chi connectivity index (χ1v) is 7.36. The van der Waals surface area contributed by atoms with Gasteiger partial charge in [0.05, 0.1) is 11.1 Å². The number of pyridine rings is 1. The Morgan fingerprint density at radius 1 is 1.20 bits per heavy atom. The Morgan fingerprint density at radius 2 is 1.95 bits per heavy atom. The zero-order chi connectivity index (χ0) is 13.9.